The Kier molecular flexibility index (Phi) is 6.32. The monoisotopic (exact) mass is 276 g/mol. The first-order chi connectivity index (χ1) is 10.4. The van der Waals surface area contributed by atoms with E-state index in [-0.39, 0.29) is 6.10 Å². The van der Waals surface area contributed by atoms with Crippen molar-refractivity contribution in [2.75, 3.05) is 0 Å². The molecule has 0 aliphatic heterocycles. The minimum atomic E-state index is -0.134. The van der Waals surface area contributed by atoms with Crippen LogP contribution in [0, 0.1) is 12.3 Å². The summed E-state index contributed by atoms with van der Waals surface area (Å²) in [5.74, 6) is 2.71. The number of terminal acetylenes is 1. The fraction of sp³-hybridized carbons (Fsp3) is 0.200. The largest absolute Gasteiger partial charge is 0.361 e. The maximum absolute atomic E-state index is 5.76. The maximum Gasteiger partial charge on any atom is 0.118 e. The summed E-state index contributed by atoms with van der Waals surface area (Å²) in [5, 5.41) is 0. The van der Waals surface area contributed by atoms with Gasteiger partial charge in [0, 0.05) is 0 Å². The summed E-state index contributed by atoms with van der Waals surface area (Å²) in [5.41, 5.74) is 2.36. The molecule has 0 N–H and O–H groups in total. The van der Waals surface area contributed by atoms with Gasteiger partial charge in [0.1, 0.15) is 6.10 Å². The average Bonchev–Trinajstić information content (AvgIpc) is 2.56. The summed E-state index contributed by atoms with van der Waals surface area (Å²) in [6, 6.07) is 20.4. The maximum atomic E-state index is 5.76. The molecule has 1 heteroatoms. The lowest BCUT2D eigenvalue weighted by atomic mass is 10.1. The first kappa shape index (κ1) is 15.1. The summed E-state index contributed by atoms with van der Waals surface area (Å²) in [7, 11) is 0. The molecule has 0 aromatic heterocycles. The zero-order valence-electron chi connectivity index (χ0n) is 12.1. The van der Waals surface area contributed by atoms with Gasteiger partial charge in [-0.05, 0) is 24.0 Å². The molecule has 0 amide bonds. The van der Waals surface area contributed by atoms with E-state index < -0.39 is 0 Å². The molecule has 0 spiro atoms. The molecule has 106 valence electrons. The van der Waals surface area contributed by atoms with Gasteiger partial charge in [0.2, 0.25) is 0 Å². The third kappa shape index (κ3) is 5.69. The summed E-state index contributed by atoms with van der Waals surface area (Å²) < 4.78 is 5.76. The van der Waals surface area contributed by atoms with Crippen molar-refractivity contribution in [2.24, 2.45) is 0 Å². The van der Waals surface area contributed by atoms with Gasteiger partial charge in [0.05, 0.1) is 6.61 Å². The Labute approximate surface area is 127 Å². The molecule has 0 radical (unpaired) electrons. The van der Waals surface area contributed by atoms with E-state index in [1.165, 1.54) is 5.56 Å². The second-order valence-corrected chi connectivity index (χ2v) is 4.84. The van der Waals surface area contributed by atoms with E-state index in [4.69, 9.17) is 11.2 Å². The lowest BCUT2D eigenvalue weighted by Gasteiger charge is -2.11. The van der Waals surface area contributed by atoms with Gasteiger partial charge in [-0.15, -0.1) is 6.42 Å². The zero-order chi connectivity index (χ0) is 14.8. The van der Waals surface area contributed by atoms with Crippen LogP contribution >= 0.6 is 0 Å². The fourth-order valence-electron chi connectivity index (χ4n) is 2.02. The molecule has 0 aliphatic carbocycles. The predicted molar refractivity (Wildman–Crippen MR) is 88.6 cm³/mol. The number of ether oxygens (including phenoxy) is 1. The fourth-order valence-corrected chi connectivity index (χ4v) is 2.02. The van der Waals surface area contributed by atoms with Crippen LogP contribution in [0.4, 0.5) is 0 Å². The third-order valence-corrected chi connectivity index (χ3v) is 3.19. The van der Waals surface area contributed by atoms with Crippen LogP contribution in [0.15, 0.2) is 66.7 Å². The third-order valence-electron chi connectivity index (χ3n) is 3.19. The van der Waals surface area contributed by atoms with Gasteiger partial charge in [0.25, 0.3) is 0 Å². The molecule has 21 heavy (non-hydrogen) atoms. The van der Waals surface area contributed by atoms with Crippen LogP contribution in [0.1, 0.15) is 24.0 Å². The Morgan fingerprint density at radius 2 is 1.67 bits per heavy atom. The minimum Gasteiger partial charge on any atom is -0.361 e. The molecule has 2 aromatic carbocycles. The number of allylic oxidation sites excluding steroid dienone is 1. The number of benzene rings is 2. The Hall–Kier alpha value is -2.30. The van der Waals surface area contributed by atoms with Crippen LogP contribution in [-0.4, -0.2) is 6.10 Å². The topological polar surface area (TPSA) is 9.23 Å². The van der Waals surface area contributed by atoms with Crippen molar-refractivity contribution in [3.05, 3.63) is 77.9 Å². The van der Waals surface area contributed by atoms with Crippen molar-refractivity contribution in [3.63, 3.8) is 0 Å². The summed E-state index contributed by atoms with van der Waals surface area (Å²) >= 11 is 0. The Morgan fingerprint density at radius 1 is 1.00 bits per heavy atom. The Morgan fingerprint density at radius 3 is 2.33 bits per heavy atom. The first-order valence-electron chi connectivity index (χ1n) is 7.22. The highest BCUT2D eigenvalue weighted by Crippen LogP contribution is 2.09. The smallest absolute Gasteiger partial charge is 0.118 e. The normalized spacial score (nSPS) is 12.1. The van der Waals surface area contributed by atoms with E-state index >= 15 is 0 Å². The van der Waals surface area contributed by atoms with Gasteiger partial charge in [-0.1, -0.05) is 78.7 Å². The van der Waals surface area contributed by atoms with Gasteiger partial charge in [-0.3, -0.25) is 0 Å². The molecular formula is C20H20O. The van der Waals surface area contributed by atoms with Crippen molar-refractivity contribution < 1.29 is 4.74 Å². The Bertz CT molecular complexity index is 578. The minimum absolute atomic E-state index is 0.134. The summed E-state index contributed by atoms with van der Waals surface area (Å²) in [4.78, 5) is 0. The standard InChI is InChI=1S/C20H20O/c1-2-20(21-17-19-14-7-4-8-15-19)16-10-9-13-18-11-5-3-6-12-18/h1,3-9,11-15,20H,10,16-17H2/b13-9+. The quantitative estimate of drug-likeness (QED) is 0.666. The number of hydrogen-bond donors (Lipinski definition) is 0. The molecule has 0 saturated heterocycles. The highest BCUT2D eigenvalue weighted by Gasteiger charge is 2.04. The van der Waals surface area contributed by atoms with Crippen LogP contribution in [0.5, 0.6) is 0 Å². The lowest BCUT2D eigenvalue weighted by molar-refractivity contribution is 0.0735. The van der Waals surface area contributed by atoms with Crippen molar-refractivity contribution in [3.8, 4) is 12.3 Å². The molecule has 2 rings (SSSR count). The van der Waals surface area contributed by atoms with Crippen LogP contribution in [-0.2, 0) is 11.3 Å². The van der Waals surface area contributed by atoms with Crippen LogP contribution in [0.2, 0.25) is 0 Å². The van der Waals surface area contributed by atoms with Crippen LogP contribution < -0.4 is 0 Å². The van der Waals surface area contributed by atoms with Gasteiger partial charge in [-0.2, -0.15) is 0 Å². The van der Waals surface area contributed by atoms with Crippen molar-refractivity contribution in [1.29, 1.82) is 0 Å². The van der Waals surface area contributed by atoms with E-state index in [0.29, 0.717) is 6.61 Å². The predicted octanol–water partition coefficient (Wildman–Crippen LogP) is 4.70. The first-order valence-corrected chi connectivity index (χ1v) is 7.22. The lowest BCUT2D eigenvalue weighted by Crippen LogP contribution is -2.09. The highest BCUT2D eigenvalue weighted by atomic mass is 16.5. The SMILES string of the molecule is C#CC(CC/C=C/c1ccccc1)OCc1ccccc1. The van der Waals surface area contributed by atoms with Crippen LogP contribution in [0.3, 0.4) is 0 Å². The highest BCUT2D eigenvalue weighted by molar-refractivity contribution is 5.48. The molecule has 0 bridgehead atoms. The summed E-state index contributed by atoms with van der Waals surface area (Å²) in [6.45, 7) is 0.568. The molecule has 0 heterocycles. The molecule has 1 unspecified atom stereocenters. The average molecular weight is 276 g/mol. The Balaban J connectivity index is 1.73. The van der Waals surface area contributed by atoms with E-state index in [1.54, 1.807) is 0 Å². The molecule has 0 aliphatic rings. The number of hydrogen-bond acceptors (Lipinski definition) is 1. The van der Waals surface area contributed by atoms with Crippen LogP contribution in [0.25, 0.3) is 6.08 Å². The molecule has 2 aromatic rings. The van der Waals surface area contributed by atoms with E-state index in [9.17, 15) is 0 Å². The van der Waals surface area contributed by atoms with Gasteiger partial charge < -0.3 is 4.74 Å². The van der Waals surface area contributed by atoms with Crippen molar-refractivity contribution in [1.82, 2.24) is 0 Å². The van der Waals surface area contributed by atoms with E-state index in [1.807, 2.05) is 48.5 Å². The second-order valence-electron chi connectivity index (χ2n) is 4.84. The van der Waals surface area contributed by atoms with Crippen molar-refractivity contribution >= 4 is 6.08 Å². The van der Waals surface area contributed by atoms with Crippen molar-refractivity contribution in [2.45, 2.75) is 25.6 Å². The van der Waals surface area contributed by atoms with E-state index in [2.05, 4.69) is 30.2 Å². The molecule has 0 fully saturated rings. The molecule has 0 saturated carbocycles. The second kappa shape index (κ2) is 8.79. The summed E-state index contributed by atoms with van der Waals surface area (Å²) in [6.07, 6.45) is 11.4. The number of rotatable bonds is 7. The van der Waals surface area contributed by atoms with E-state index in [0.717, 1.165) is 18.4 Å². The zero-order valence-corrected chi connectivity index (χ0v) is 12.1. The molecule has 1 atom stereocenters. The van der Waals surface area contributed by atoms with Gasteiger partial charge in [0.15, 0.2) is 0 Å². The molecule has 1 nitrogen and oxygen atoms in total. The van der Waals surface area contributed by atoms with Gasteiger partial charge >= 0.3 is 0 Å². The molecular weight excluding hydrogens is 256 g/mol. The van der Waals surface area contributed by atoms with Gasteiger partial charge in [-0.25, -0.2) is 0 Å².